The van der Waals surface area contributed by atoms with Crippen LogP contribution in [-0.4, -0.2) is 37.2 Å². The second-order valence-corrected chi connectivity index (χ2v) is 13.8. The van der Waals surface area contributed by atoms with Gasteiger partial charge in [0.15, 0.2) is 9.84 Å². The van der Waals surface area contributed by atoms with Crippen molar-refractivity contribution in [3.05, 3.63) is 69.7 Å². The number of amides is 1. The number of carboxylic acid groups (broad SMARTS) is 1. The lowest BCUT2D eigenvalue weighted by molar-refractivity contribution is -0.148. The van der Waals surface area contributed by atoms with Crippen LogP contribution in [0, 0.1) is 11.3 Å². The largest absolute Gasteiger partial charge is 0.481 e. The van der Waals surface area contributed by atoms with Crippen molar-refractivity contribution in [2.75, 3.05) is 5.75 Å². The first kappa shape index (κ1) is 27.9. The molecule has 4 rings (SSSR count). The minimum absolute atomic E-state index is 0.0352. The molecule has 2 N–H and O–H groups in total. The number of aliphatic carboxylic acids is 1. The van der Waals surface area contributed by atoms with Gasteiger partial charge < -0.3 is 10.4 Å². The van der Waals surface area contributed by atoms with E-state index in [4.69, 9.17) is 23.2 Å². The summed E-state index contributed by atoms with van der Waals surface area (Å²) in [6.07, 6.45) is 2.10. The molecule has 0 spiro atoms. The minimum Gasteiger partial charge on any atom is -0.481 e. The molecule has 2 aromatic carbocycles. The molecule has 9 heteroatoms. The average molecular weight is 567 g/mol. The number of carbonyl (C=O) groups excluding carboxylic acids is 1. The van der Waals surface area contributed by atoms with Gasteiger partial charge >= 0.3 is 5.97 Å². The van der Waals surface area contributed by atoms with Crippen molar-refractivity contribution >= 4 is 44.9 Å². The zero-order valence-corrected chi connectivity index (χ0v) is 23.4. The summed E-state index contributed by atoms with van der Waals surface area (Å²) in [6, 6.07) is 13.8. The fourth-order valence-electron chi connectivity index (χ4n) is 6.18. The molecule has 4 atom stereocenters. The van der Waals surface area contributed by atoms with Crippen molar-refractivity contribution in [1.29, 1.82) is 0 Å². The summed E-state index contributed by atoms with van der Waals surface area (Å²) in [4.78, 5) is 25.3. The Morgan fingerprint density at radius 1 is 1.11 bits per heavy atom. The van der Waals surface area contributed by atoms with Gasteiger partial charge in [-0.2, -0.15) is 0 Å². The van der Waals surface area contributed by atoms with E-state index in [0.717, 1.165) is 18.4 Å². The van der Waals surface area contributed by atoms with Gasteiger partial charge in [-0.3, -0.25) is 9.59 Å². The molecule has 2 fully saturated rings. The number of benzene rings is 2. The van der Waals surface area contributed by atoms with Crippen molar-refractivity contribution in [3.8, 4) is 0 Å². The van der Waals surface area contributed by atoms with Crippen molar-refractivity contribution in [2.45, 2.75) is 69.1 Å². The number of carboxylic acids is 1. The van der Waals surface area contributed by atoms with Crippen LogP contribution in [0.25, 0.3) is 0 Å². The lowest BCUT2D eigenvalue weighted by Crippen LogP contribution is -2.57. The molecule has 4 unspecified atom stereocenters. The second kappa shape index (κ2) is 10.6. The Balaban J connectivity index is 1.85. The molecular weight excluding hydrogens is 533 g/mol. The number of hydrogen-bond donors (Lipinski definition) is 2. The molecule has 1 saturated heterocycles. The van der Waals surface area contributed by atoms with Crippen LogP contribution in [0.5, 0.6) is 0 Å². The molecule has 1 aliphatic carbocycles. The van der Waals surface area contributed by atoms with Gasteiger partial charge in [0.05, 0.1) is 11.8 Å². The first-order valence-electron chi connectivity index (χ1n) is 12.7. The van der Waals surface area contributed by atoms with Gasteiger partial charge in [0.1, 0.15) is 4.75 Å². The molecule has 1 saturated carbocycles. The first-order valence-corrected chi connectivity index (χ1v) is 15.2. The van der Waals surface area contributed by atoms with Gasteiger partial charge in [-0.1, -0.05) is 61.3 Å². The van der Waals surface area contributed by atoms with E-state index in [2.05, 4.69) is 5.32 Å². The molecule has 1 aliphatic heterocycles. The Morgan fingerprint density at radius 2 is 1.78 bits per heavy atom. The standard InChI is InChI=1S/C28H33Cl2NO5S/c1-3-27(17-25(32)33)15-23(18-6-5-7-22(30)14-18)24(31-26(27)34)16-28(19-8-9-19,37(35,36)4-2)20-10-12-21(29)13-11-20/h5-7,10-14,19,23-24H,3-4,8-9,15-17H2,1-2H3,(H,31,34)(H,32,33). The van der Waals surface area contributed by atoms with E-state index in [9.17, 15) is 23.1 Å². The van der Waals surface area contributed by atoms with E-state index < -0.39 is 32.0 Å². The number of hydrogen-bond acceptors (Lipinski definition) is 4. The fourth-order valence-corrected chi connectivity index (χ4v) is 8.69. The number of halogens is 2. The average Bonchev–Trinajstić information content (AvgIpc) is 3.70. The Labute approximate surface area is 228 Å². The topological polar surface area (TPSA) is 101 Å². The van der Waals surface area contributed by atoms with Crippen molar-refractivity contribution in [2.24, 2.45) is 11.3 Å². The van der Waals surface area contributed by atoms with Gasteiger partial charge in [-0.25, -0.2) is 8.42 Å². The molecule has 1 heterocycles. The van der Waals surface area contributed by atoms with Crippen molar-refractivity contribution < 1.29 is 23.1 Å². The van der Waals surface area contributed by atoms with Crippen molar-refractivity contribution in [3.63, 3.8) is 0 Å². The monoisotopic (exact) mass is 565 g/mol. The van der Waals surface area contributed by atoms with Gasteiger partial charge in [0, 0.05) is 27.8 Å². The predicted molar refractivity (Wildman–Crippen MR) is 146 cm³/mol. The lowest BCUT2D eigenvalue weighted by Gasteiger charge is -2.47. The van der Waals surface area contributed by atoms with Gasteiger partial charge in [0.2, 0.25) is 5.91 Å². The van der Waals surface area contributed by atoms with E-state index in [0.29, 0.717) is 28.5 Å². The zero-order valence-electron chi connectivity index (χ0n) is 21.0. The van der Waals surface area contributed by atoms with E-state index in [1.54, 1.807) is 37.3 Å². The third kappa shape index (κ3) is 5.27. The van der Waals surface area contributed by atoms with E-state index in [1.165, 1.54) is 0 Å². The van der Waals surface area contributed by atoms with Crippen LogP contribution in [0.1, 0.15) is 69.4 Å². The molecule has 0 radical (unpaired) electrons. The maximum absolute atomic E-state index is 13.9. The smallest absolute Gasteiger partial charge is 0.304 e. The van der Waals surface area contributed by atoms with Gasteiger partial charge in [0.25, 0.3) is 0 Å². The molecule has 0 aromatic heterocycles. The lowest BCUT2D eigenvalue weighted by atomic mass is 9.65. The highest BCUT2D eigenvalue weighted by atomic mass is 35.5. The van der Waals surface area contributed by atoms with Gasteiger partial charge in [-0.15, -0.1) is 0 Å². The first-order chi connectivity index (χ1) is 17.5. The predicted octanol–water partition coefficient (Wildman–Crippen LogP) is 5.97. The highest BCUT2D eigenvalue weighted by Gasteiger charge is 2.58. The van der Waals surface area contributed by atoms with Crippen LogP contribution in [0.15, 0.2) is 48.5 Å². The Morgan fingerprint density at radius 3 is 2.32 bits per heavy atom. The summed E-state index contributed by atoms with van der Waals surface area (Å²) in [6.45, 7) is 3.48. The molecule has 2 aromatic rings. The van der Waals surface area contributed by atoms with Crippen LogP contribution in [0.4, 0.5) is 0 Å². The highest BCUT2D eigenvalue weighted by molar-refractivity contribution is 7.92. The summed E-state index contributed by atoms with van der Waals surface area (Å²) in [5, 5.41) is 13.8. The Kier molecular flexibility index (Phi) is 7.99. The summed E-state index contributed by atoms with van der Waals surface area (Å²) in [5.74, 6) is -1.80. The number of nitrogens with one attached hydrogen (secondary N) is 1. The summed E-state index contributed by atoms with van der Waals surface area (Å²) in [7, 11) is -3.62. The molecule has 0 bridgehead atoms. The molecule has 6 nitrogen and oxygen atoms in total. The Hall–Kier alpha value is -2.09. The van der Waals surface area contributed by atoms with E-state index in [-0.39, 0.29) is 36.3 Å². The fraction of sp³-hybridized carbons (Fsp3) is 0.500. The van der Waals surface area contributed by atoms with Crippen LogP contribution in [0.2, 0.25) is 10.0 Å². The van der Waals surface area contributed by atoms with Crippen LogP contribution in [-0.2, 0) is 24.2 Å². The minimum atomic E-state index is -3.62. The zero-order chi connectivity index (χ0) is 27.0. The molecular formula is C28H33Cl2NO5S. The SMILES string of the molecule is CCC1(CC(=O)O)CC(c2cccc(Cl)c2)C(CC(c2ccc(Cl)cc2)(C2CC2)S(=O)(=O)CC)NC1=O. The van der Waals surface area contributed by atoms with Crippen LogP contribution < -0.4 is 5.32 Å². The molecule has 1 amide bonds. The maximum atomic E-state index is 13.9. The molecule has 37 heavy (non-hydrogen) atoms. The summed E-state index contributed by atoms with van der Waals surface area (Å²) < 4.78 is 26.7. The highest BCUT2D eigenvalue weighted by Crippen LogP contribution is 2.56. The third-order valence-electron chi connectivity index (χ3n) is 8.37. The number of carbonyl (C=O) groups is 2. The van der Waals surface area contributed by atoms with E-state index in [1.807, 2.05) is 25.1 Å². The summed E-state index contributed by atoms with van der Waals surface area (Å²) >= 11 is 12.5. The number of rotatable bonds is 10. The van der Waals surface area contributed by atoms with Crippen LogP contribution in [0.3, 0.4) is 0 Å². The normalized spacial score (nSPS) is 25.8. The summed E-state index contributed by atoms with van der Waals surface area (Å²) in [5.41, 5.74) is 0.440. The van der Waals surface area contributed by atoms with Crippen LogP contribution >= 0.6 is 23.2 Å². The molecule has 200 valence electrons. The second-order valence-electron chi connectivity index (χ2n) is 10.4. The molecule has 2 aliphatic rings. The quantitative estimate of drug-likeness (QED) is 0.369. The van der Waals surface area contributed by atoms with Gasteiger partial charge in [-0.05, 0) is 73.4 Å². The Bertz CT molecular complexity index is 1280. The number of piperidine rings is 1. The van der Waals surface area contributed by atoms with E-state index >= 15 is 0 Å². The number of sulfone groups is 1. The maximum Gasteiger partial charge on any atom is 0.304 e. The third-order valence-corrected chi connectivity index (χ3v) is 11.5. The van der Waals surface area contributed by atoms with Crippen molar-refractivity contribution in [1.82, 2.24) is 5.32 Å².